The van der Waals surface area contributed by atoms with Gasteiger partial charge in [0.05, 0.1) is 19.2 Å². The molecular weight excluding hydrogens is 270 g/mol. The molecule has 100 valence electrons. The quantitative estimate of drug-likeness (QED) is 0.631. The van der Waals surface area contributed by atoms with Gasteiger partial charge in [0, 0.05) is 13.0 Å². The molecule has 0 atom stereocenters. The van der Waals surface area contributed by atoms with Crippen LogP contribution in [0.2, 0.25) is 5.02 Å². The molecule has 6 heteroatoms. The number of cyclic esters (lactones) is 1. The first-order valence-corrected chi connectivity index (χ1v) is 5.83. The highest BCUT2D eigenvalue weighted by Gasteiger charge is 2.20. The second kappa shape index (κ2) is 5.32. The number of esters is 1. The van der Waals surface area contributed by atoms with Crippen molar-refractivity contribution in [2.45, 2.75) is 6.92 Å². The standard InChI is InChI=1S/C13H12ClNO4/c1-7-15-10(13(16)19-7)4-8-5-11(17-2)12(18-3)6-9(8)14/h4-6H,1-3H3/b10-4-. The highest BCUT2D eigenvalue weighted by Crippen LogP contribution is 2.34. The lowest BCUT2D eigenvalue weighted by molar-refractivity contribution is -0.130. The zero-order valence-corrected chi connectivity index (χ0v) is 11.4. The summed E-state index contributed by atoms with van der Waals surface area (Å²) in [6.07, 6.45) is 1.54. The number of halogens is 1. The minimum Gasteiger partial charge on any atom is -0.493 e. The minimum absolute atomic E-state index is 0.201. The zero-order chi connectivity index (χ0) is 14.0. The number of carbonyl (C=O) groups excluding carboxylic acids is 1. The molecule has 0 aliphatic carbocycles. The van der Waals surface area contributed by atoms with E-state index < -0.39 is 5.97 Å². The molecular formula is C13H12ClNO4. The maximum absolute atomic E-state index is 11.5. The second-order valence-corrected chi connectivity index (χ2v) is 4.19. The SMILES string of the molecule is COc1cc(Cl)c(/C=C2\N=C(C)OC2=O)cc1OC. The molecule has 0 amide bonds. The fourth-order valence-electron chi connectivity index (χ4n) is 1.64. The van der Waals surface area contributed by atoms with Gasteiger partial charge in [-0.1, -0.05) is 11.6 Å². The van der Waals surface area contributed by atoms with E-state index in [2.05, 4.69) is 4.99 Å². The summed E-state index contributed by atoms with van der Waals surface area (Å²) in [6, 6.07) is 3.29. The Labute approximate surface area is 115 Å². The van der Waals surface area contributed by atoms with E-state index in [1.807, 2.05) is 0 Å². The molecule has 0 fully saturated rings. The van der Waals surface area contributed by atoms with Crippen molar-refractivity contribution in [2.24, 2.45) is 4.99 Å². The van der Waals surface area contributed by atoms with Crippen molar-refractivity contribution < 1.29 is 19.0 Å². The Bertz CT molecular complexity index is 593. The van der Waals surface area contributed by atoms with Crippen LogP contribution in [0.3, 0.4) is 0 Å². The van der Waals surface area contributed by atoms with E-state index in [1.54, 1.807) is 25.1 Å². The molecule has 1 aromatic carbocycles. The third kappa shape index (κ3) is 2.71. The van der Waals surface area contributed by atoms with Gasteiger partial charge in [-0.25, -0.2) is 9.79 Å². The molecule has 0 bridgehead atoms. The number of benzene rings is 1. The van der Waals surface area contributed by atoms with Crippen LogP contribution in [0.1, 0.15) is 12.5 Å². The van der Waals surface area contributed by atoms with Crippen molar-refractivity contribution in [3.63, 3.8) is 0 Å². The normalized spacial score (nSPS) is 16.3. The number of carbonyl (C=O) groups is 1. The van der Waals surface area contributed by atoms with Crippen molar-refractivity contribution >= 4 is 29.5 Å². The van der Waals surface area contributed by atoms with Gasteiger partial charge in [-0.15, -0.1) is 0 Å². The van der Waals surface area contributed by atoms with Crippen LogP contribution in [0.5, 0.6) is 11.5 Å². The molecule has 1 aliphatic rings. The Morgan fingerprint density at radius 2 is 1.89 bits per heavy atom. The van der Waals surface area contributed by atoms with Crippen LogP contribution in [0.15, 0.2) is 22.8 Å². The summed E-state index contributed by atoms with van der Waals surface area (Å²) in [5, 5.41) is 0.428. The van der Waals surface area contributed by atoms with Crippen LogP contribution in [-0.4, -0.2) is 26.1 Å². The first-order chi connectivity index (χ1) is 9.05. The maximum atomic E-state index is 11.5. The van der Waals surface area contributed by atoms with Gasteiger partial charge < -0.3 is 14.2 Å². The summed E-state index contributed by atoms with van der Waals surface area (Å²) in [5.41, 5.74) is 0.802. The van der Waals surface area contributed by atoms with Crippen molar-refractivity contribution in [2.75, 3.05) is 14.2 Å². The Morgan fingerprint density at radius 3 is 2.42 bits per heavy atom. The average Bonchev–Trinajstić information content (AvgIpc) is 2.69. The molecule has 2 rings (SSSR count). The van der Waals surface area contributed by atoms with Gasteiger partial charge in [0.15, 0.2) is 23.1 Å². The van der Waals surface area contributed by atoms with Crippen molar-refractivity contribution in [1.29, 1.82) is 0 Å². The van der Waals surface area contributed by atoms with Gasteiger partial charge in [-0.3, -0.25) is 0 Å². The Balaban J connectivity index is 2.46. The molecule has 0 saturated carbocycles. The number of methoxy groups -OCH3 is 2. The lowest BCUT2D eigenvalue weighted by Gasteiger charge is -2.09. The van der Waals surface area contributed by atoms with Gasteiger partial charge in [0.25, 0.3) is 0 Å². The third-order valence-electron chi connectivity index (χ3n) is 2.52. The lowest BCUT2D eigenvalue weighted by Crippen LogP contribution is -2.00. The fourth-order valence-corrected chi connectivity index (χ4v) is 1.85. The minimum atomic E-state index is -0.497. The predicted octanol–water partition coefficient (Wildman–Crippen LogP) is 2.67. The second-order valence-electron chi connectivity index (χ2n) is 3.78. The summed E-state index contributed by atoms with van der Waals surface area (Å²) < 4.78 is 15.1. The fraction of sp³-hybridized carbons (Fsp3) is 0.231. The molecule has 0 spiro atoms. The number of hydrogen-bond donors (Lipinski definition) is 0. The topological polar surface area (TPSA) is 57.1 Å². The molecule has 0 N–H and O–H groups in total. The van der Waals surface area contributed by atoms with E-state index >= 15 is 0 Å². The first-order valence-electron chi connectivity index (χ1n) is 5.46. The first kappa shape index (κ1) is 13.4. The molecule has 0 aromatic heterocycles. The van der Waals surface area contributed by atoms with Crippen LogP contribution in [0.4, 0.5) is 0 Å². The van der Waals surface area contributed by atoms with E-state index in [0.717, 1.165) is 0 Å². The predicted molar refractivity (Wildman–Crippen MR) is 71.7 cm³/mol. The number of nitrogens with zero attached hydrogens (tertiary/aromatic N) is 1. The largest absolute Gasteiger partial charge is 0.493 e. The van der Waals surface area contributed by atoms with Crippen LogP contribution < -0.4 is 9.47 Å². The molecule has 0 saturated heterocycles. The summed E-state index contributed by atoms with van der Waals surface area (Å²) in [5.74, 6) is 0.852. The molecule has 1 heterocycles. The number of aliphatic imine (C=N–C) groups is 1. The van der Waals surface area contributed by atoms with Gasteiger partial charge >= 0.3 is 5.97 Å². The monoisotopic (exact) mass is 281 g/mol. The van der Waals surface area contributed by atoms with Gasteiger partial charge in [0.2, 0.25) is 0 Å². The van der Waals surface area contributed by atoms with Gasteiger partial charge in [-0.2, -0.15) is 0 Å². The van der Waals surface area contributed by atoms with Crippen molar-refractivity contribution in [3.05, 3.63) is 28.4 Å². The van der Waals surface area contributed by atoms with Gasteiger partial charge in [-0.05, 0) is 17.7 Å². The van der Waals surface area contributed by atoms with Crippen molar-refractivity contribution in [1.82, 2.24) is 0 Å². The summed E-state index contributed by atoms with van der Waals surface area (Å²) in [6.45, 7) is 1.61. The Morgan fingerprint density at radius 1 is 1.26 bits per heavy atom. The third-order valence-corrected chi connectivity index (χ3v) is 2.85. The molecule has 1 aromatic rings. The molecule has 0 radical (unpaired) electrons. The smallest absolute Gasteiger partial charge is 0.363 e. The summed E-state index contributed by atoms with van der Waals surface area (Å²) in [7, 11) is 3.04. The highest BCUT2D eigenvalue weighted by molar-refractivity contribution is 6.32. The molecule has 5 nitrogen and oxygen atoms in total. The summed E-state index contributed by atoms with van der Waals surface area (Å²) >= 11 is 6.12. The lowest BCUT2D eigenvalue weighted by atomic mass is 10.1. The van der Waals surface area contributed by atoms with Crippen LogP contribution >= 0.6 is 11.6 Å². The molecule has 1 aliphatic heterocycles. The van der Waals surface area contributed by atoms with Gasteiger partial charge in [0.1, 0.15) is 0 Å². The highest BCUT2D eigenvalue weighted by atomic mass is 35.5. The van der Waals surface area contributed by atoms with Crippen LogP contribution in [0, 0.1) is 0 Å². The van der Waals surface area contributed by atoms with E-state index in [1.165, 1.54) is 14.2 Å². The average molecular weight is 282 g/mol. The molecule has 19 heavy (non-hydrogen) atoms. The maximum Gasteiger partial charge on any atom is 0.363 e. The van der Waals surface area contributed by atoms with Crippen LogP contribution in [-0.2, 0) is 9.53 Å². The van der Waals surface area contributed by atoms with Crippen molar-refractivity contribution in [3.8, 4) is 11.5 Å². The Kier molecular flexibility index (Phi) is 3.76. The van der Waals surface area contributed by atoms with E-state index in [4.69, 9.17) is 25.8 Å². The van der Waals surface area contributed by atoms with Crippen LogP contribution in [0.25, 0.3) is 6.08 Å². The van der Waals surface area contributed by atoms with E-state index in [9.17, 15) is 4.79 Å². The van der Waals surface area contributed by atoms with E-state index in [-0.39, 0.29) is 5.70 Å². The number of ether oxygens (including phenoxy) is 3. The zero-order valence-electron chi connectivity index (χ0n) is 10.7. The summed E-state index contributed by atoms with van der Waals surface area (Å²) in [4.78, 5) is 15.5. The number of rotatable bonds is 3. The van der Waals surface area contributed by atoms with E-state index in [0.29, 0.717) is 28.0 Å². The Hall–Kier alpha value is -2.01. The molecule has 0 unspecified atom stereocenters. The number of hydrogen-bond acceptors (Lipinski definition) is 5.